The second-order valence-corrected chi connectivity index (χ2v) is 11.8. The average molecular weight is 580 g/mol. The molecule has 0 radical (unpaired) electrons. The molecule has 3 aromatic rings. The summed E-state index contributed by atoms with van der Waals surface area (Å²) in [5.74, 6) is 1.06. The van der Waals surface area contributed by atoms with Crippen LogP contribution >= 0.6 is 23.4 Å². The number of aryl methyl sites for hydroxylation is 1. The second kappa shape index (κ2) is 11.9. The first-order chi connectivity index (χ1) is 19.5. The molecule has 3 fully saturated rings. The third kappa shape index (κ3) is 6.07. The number of aromatic nitrogens is 2. The number of benzene rings is 2. The SMILES string of the molecule is Cc1ccccc1N1CCN(c2cc(Cl)nc(SCc3cccc(C(=O)N4CCC5(CC4)OCCO5)c3)n2)CC1. The molecule has 0 aliphatic carbocycles. The smallest absolute Gasteiger partial charge is 0.253 e. The van der Waals surface area contributed by atoms with Gasteiger partial charge in [0, 0.05) is 75.2 Å². The van der Waals surface area contributed by atoms with E-state index in [2.05, 4.69) is 46.0 Å². The third-order valence-corrected chi connectivity index (χ3v) is 9.00. The number of piperazine rings is 1. The van der Waals surface area contributed by atoms with Gasteiger partial charge in [-0.3, -0.25) is 4.79 Å². The first-order valence-electron chi connectivity index (χ1n) is 13.9. The topological polar surface area (TPSA) is 71.0 Å². The fraction of sp³-hybridized carbons (Fsp3) is 0.433. The van der Waals surface area contributed by atoms with Gasteiger partial charge in [0.15, 0.2) is 10.9 Å². The Balaban J connectivity index is 1.06. The molecule has 6 rings (SSSR count). The van der Waals surface area contributed by atoms with Crippen LogP contribution in [0, 0.1) is 6.92 Å². The van der Waals surface area contributed by atoms with Crippen LogP contribution < -0.4 is 9.80 Å². The number of halogens is 1. The molecular weight excluding hydrogens is 546 g/mol. The Labute approximate surface area is 244 Å². The molecule has 3 saturated heterocycles. The molecule has 0 atom stereocenters. The summed E-state index contributed by atoms with van der Waals surface area (Å²) in [7, 11) is 0. The highest BCUT2D eigenvalue weighted by molar-refractivity contribution is 7.98. The zero-order chi connectivity index (χ0) is 27.5. The summed E-state index contributed by atoms with van der Waals surface area (Å²) in [6.07, 6.45) is 1.42. The molecule has 0 saturated carbocycles. The van der Waals surface area contributed by atoms with Crippen LogP contribution in [-0.4, -0.2) is 79.0 Å². The number of anilines is 2. The van der Waals surface area contributed by atoms with Crippen molar-refractivity contribution in [3.8, 4) is 0 Å². The van der Waals surface area contributed by atoms with Crippen LogP contribution in [0.1, 0.15) is 34.3 Å². The molecule has 0 bridgehead atoms. The molecule has 0 N–H and O–H groups in total. The van der Waals surface area contributed by atoms with E-state index in [1.165, 1.54) is 23.0 Å². The summed E-state index contributed by atoms with van der Waals surface area (Å²) < 4.78 is 11.6. The van der Waals surface area contributed by atoms with Gasteiger partial charge in [-0.25, -0.2) is 9.97 Å². The first kappa shape index (κ1) is 27.3. The van der Waals surface area contributed by atoms with E-state index in [1.54, 1.807) is 0 Å². The highest BCUT2D eigenvalue weighted by Gasteiger charge is 2.40. The van der Waals surface area contributed by atoms with Crippen LogP contribution in [0.5, 0.6) is 0 Å². The van der Waals surface area contributed by atoms with Crippen molar-refractivity contribution in [2.75, 3.05) is 62.3 Å². The minimum absolute atomic E-state index is 0.0471. The molecule has 1 spiro atoms. The number of carbonyl (C=O) groups is 1. The lowest BCUT2D eigenvalue weighted by Gasteiger charge is -2.37. The zero-order valence-electron chi connectivity index (χ0n) is 22.7. The van der Waals surface area contributed by atoms with Gasteiger partial charge in [0.1, 0.15) is 11.0 Å². The quantitative estimate of drug-likeness (QED) is 0.229. The molecule has 1 amide bonds. The number of hydrogen-bond donors (Lipinski definition) is 0. The van der Waals surface area contributed by atoms with E-state index >= 15 is 0 Å². The van der Waals surface area contributed by atoms with Crippen molar-refractivity contribution in [2.45, 2.75) is 36.5 Å². The molecular formula is C30H34ClN5O3S. The van der Waals surface area contributed by atoms with Gasteiger partial charge in [-0.2, -0.15) is 0 Å². The normalized spacial score (nSPS) is 18.9. The third-order valence-electron chi connectivity index (χ3n) is 7.89. The van der Waals surface area contributed by atoms with Crippen molar-refractivity contribution in [1.82, 2.24) is 14.9 Å². The van der Waals surface area contributed by atoms with Crippen LogP contribution in [0.3, 0.4) is 0 Å². The van der Waals surface area contributed by atoms with E-state index in [9.17, 15) is 4.79 Å². The standard InChI is InChI=1S/C30H34ClN5O3S/c1-22-5-2-3-8-25(22)34-13-15-35(16-14-34)27-20-26(31)32-29(33-27)40-21-23-6-4-7-24(19-23)28(37)36-11-9-30(10-12-36)38-17-18-39-30/h2-8,19-20H,9-18,21H2,1H3. The number of thioether (sulfide) groups is 1. The van der Waals surface area contributed by atoms with E-state index in [0.717, 1.165) is 37.6 Å². The predicted octanol–water partition coefficient (Wildman–Crippen LogP) is 5.04. The van der Waals surface area contributed by atoms with E-state index < -0.39 is 5.79 Å². The predicted molar refractivity (Wildman–Crippen MR) is 158 cm³/mol. The second-order valence-electron chi connectivity index (χ2n) is 10.5. The minimum atomic E-state index is -0.487. The van der Waals surface area contributed by atoms with Crippen molar-refractivity contribution in [2.24, 2.45) is 0 Å². The number of ether oxygens (including phenoxy) is 2. The highest BCUT2D eigenvalue weighted by Crippen LogP contribution is 2.32. The minimum Gasteiger partial charge on any atom is -0.368 e. The van der Waals surface area contributed by atoms with Crippen LogP contribution in [0.2, 0.25) is 5.15 Å². The number of piperidine rings is 1. The van der Waals surface area contributed by atoms with Gasteiger partial charge >= 0.3 is 0 Å². The Hall–Kier alpha value is -2.85. The zero-order valence-corrected chi connectivity index (χ0v) is 24.3. The van der Waals surface area contributed by atoms with Crippen LogP contribution in [0.15, 0.2) is 59.8 Å². The van der Waals surface area contributed by atoms with Crippen molar-refractivity contribution in [3.05, 3.63) is 76.4 Å². The lowest BCUT2D eigenvalue weighted by molar-refractivity contribution is -0.181. The van der Waals surface area contributed by atoms with Crippen LogP contribution in [-0.2, 0) is 15.2 Å². The van der Waals surface area contributed by atoms with Crippen molar-refractivity contribution < 1.29 is 14.3 Å². The Morgan fingerprint density at radius 1 is 0.925 bits per heavy atom. The summed E-state index contributed by atoms with van der Waals surface area (Å²) in [5, 5.41) is 1.08. The Morgan fingerprint density at radius 3 is 2.40 bits per heavy atom. The van der Waals surface area contributed by atoms with E-state index in [1.807, 2.05) is 35.2 Å². The molecule has 8 nitrogen and oxygen atoms in total. The Morgan fingerprint density at radius 2 is 1.65 bits per heavy atom. The lowest BCUT2D eigenvalue weighted by atomic mass is 10.0. The average Bonchev–Trinajstić information content (AvgIpc) is 3.44. The molecule has 3 aliphatic heterocycles. The molecule has 210 valence electrons. The maximum atomic E-state index is 13.2. The number of hydrogen-bond acceptors (Lipinski definition) is 8. The van der Waals surface area contributed by atoms with Crippen LogP contribution in [0.4, 0.5) is 11.5 Å². The molecule has 10 heteroatoms. The summed E-state index contributed by atoms with van der Waals surface area (Å²) in [6, 6.07) is 18.2. The fourth-order valence-electron chi connectivity index (χ4n) is 5.67. The van der Waals surface area contributed by atoms with E-state index in [0.29, 0.717) is 60.8 Å². The largest absolute Gasteiger partial charge is 0.368 e. The summed E-state index contributed by atoms with van der Waals surface area (Å²) >= 11 is 7.96. The summed E-state index contributed by atoms with van der Waals surface area (Å²) in [5.41, 5.74) is 4.33. The van der Waals surface area contributed by atoms with Gasteiger partial charge < -0.3 is 24.2 Å². The van der Waals surface area contributed by atoms with Gasteiger partial charge in [-0.05, 0) is 36.2 Å². The van der Waals surface area contributed by atoms with Crippen molar-refractivity contribution >= 4 is 40.8 Å². The number of nitrogens with zero attached hydrogens (tertiary/aromatic N) is 5. The van der Waals surface area contributed by atoms with Crippen molar-refractivity contribution in [3.63, 3.8) is 0 Å². The van der Waals surface area contributed by atoms with E-state index in [4.69, 9.17) is 26.1 Å². The van der Waals surface area contributed by atoms with Gasteiger partial charge in [0.05, 0.1) is 13.2 Å². The summed E-state index contributed by atoms with van der Waals surface area (Å²) in [6.45, 7) is 8.28. The fourth-order valence-corrected chi connectivity index (χ4v) is 6.69. The Kier molecular flexibility index (Phi) is 8.16. The highest BCUT2D eigenvalue weighted by atomic mass is 35.5. The Bertz CT molecular complexity index is 1350. The molecule has 2 aromatic carbocycles. The lowest BCUT2D eigenvalue weighted by Crippen LogP contribution is -2.47. The van der Waals surface area contributed by atoms with Crippen LogP contribution in [0.25, 0.3) is 0 Å². The first-order valence-corrected chi connectivity index (χ1v) is 15.2. The number of carbonyl (C=O) groups excluding carboxylic acids is 1. The molecule has 3 aliphatic rings. The van der Waals surface area contributed by atoms with Gasteiger partial charge in [0.25, 0.3) is 5.91 Å². The maximum Gasteiger partial charge on any atom is 0.253 e. The van der Waals surface area contributed by atoms with Crippen molar-refractivity contribution in [1.29, 1.82) is 0 Å². The van der Waals surface area contributed by atoms with E-state index in [-0.39, 0.29) is 5.91 Å². The number of rotatable bonds is 6. The summed E-state index contributed by atoms with van der Waals surface area (Å²) in [4.78, 5) is 29.1. The molecule has 40 heavy (non-hydrogen) atoms. The van der Waals surface area contributed by atoms with Gasteiger partial charge in [-0.15, -0.1) is 0 Å². The van der Waals surface area contributed by atoms with Gasteiger partial charge in [0.2, 0.25) is 0 Å². The molecule has 4 heterocycles. The monoisotopic (exact) mass is 579 g/mol. The molecule has 1 aromatic heterocycles. The maximum absolute atomic E-state index is 13.2. The number of likely N-dealkylation sites (tertiary alicyclic amines) is 1. The molecule has 0 unspecified atom stereocenters. The van der Waals surface area contributed by atoms with Gasteiger partial charge in [-0.1, -0.05) is 53.7 Å². The number of amides is 1. The number of para-hydroxylation sites is 1.